The average Bonchev–Trinajstić information content (AvgIpc) is 3.05. The molecule has 0 unspecified atom stereocenters. The Morgan fingerprint density at radius 3 is 2.43 bits per heavy atom. The molecule has 0 saturated heterocycles. The molecule has 0 spiro atoms. The third-order valence-corrected chi connectivity index (χ3v) is 4.86. The summed E-state index contributed by atoms with van der Waals surface area (Å²) in [6.45, 7) is 4.13. The summed E-state index contributed by atoms with van der Waals surface area (Å²) in [6, 6.07) is 13.2. The molecule has 2 aromatic carbocycles. The maximum Gasteiger partial charge on any atom is 0.319 e. The first kappa shape index (κ1) is 19.6. The third kappa shape index (κ3) is 4.06. The van der Waals surface area contributed by atoms with E-state index >= 15 is 0 Å². The monoisotopic (exact) mass is 381 g/mol. The highest BCUT2D eigenvalue weighted by Crippen LogP contribution is 2.32. The Morgan fingerprint density at radius 1 is 1.00 bits per heavy atom. The summed E-state index contributed by atoms with van der Waals surface area (Å²) in [5, 5.41) is 7.09. The summed E-state index contributed by atoms with van der Waals surface area (Å²) >= 11 is 0. The van der Waals surface area contributed by atoms with Gasteiger partial charge in [-0.3, -0.25) is 0 Å². The van der Waals surface area contributed by atoms with E-state index in [0.29, 0.717) is 11.5 Å². The molecular weight excluding hydrogens is 354 g/mol. The predicted octanol–water partition coefficient (Wildman–Crippen LogP) is 4.71. The molecule has 1 aromatic heterocycles. The van der Waals surface area contributed by atoms with E-state index in [1.54, 1.807) is 14.2 Å². The Labute approximate surface area is 165 Å². The highest BCUT2D eigenvalue weighted by molar-refractivity contribution is 5.93. The van der Waals surface area contributed by atoms with Crippen LogP contribution in [0.1, 0.15) is 25.5 Å². The fourth-order valence-corrected chi connectivity index (χ4v) is 3.35. The van der Waals surface area contributed by atoms with Crippen molar-refractivity contribution in [2.75, 3.05) is 19.5 Å². The topological polar surface area (TPSA) is 64.5 Å². The van der Waals surface area contributed by atoms with Crippen molar-refractivity contribution >= 4 is 22.6 Å². The van der Waals surface area contributed by atoms with E-state index in [1.165, 1.54) is 0 Å². The first-order valence-electron chi connectivity index (χ1n) is 9.27. The zero-order valence-electron chi connectivity index (χ0n) is 16.9. The molecule has 0 bridgehead atoms. The SMILES string of the molecule is COc1ccc([C@H](NC(=O)Nc2ccc3c(ccn3C)c2)C(C)C)cc1OC. The zero-order chi connectivity index (χ0) is 20.3. The number of hydrogen-bond acceptors (Lipinski definition) is 3. The minimum atomic E-state index is -0.247. The molecule has 6 nitrogen and oxygen atoms in total. The number of carbonyl (C=O) groups excluding carboxylic acids is 1. The second-order valence-electron chi connectivity index (χ2n) is 7.13. The number of aryl methyl sites for hydroxylation is 1. The van der Waals surface area contributed by atoms with Gasteiger partial charge in [0.1, 0.15) is 0 Å². The van der Waals surface area contributed by atoms with E-state index in [0.717, 1.165) is 22.2 Å². The Morgan fingerprint density at radius 2 is 1.75 bits per heavy atom. The van der Waals surface area contributed by atoms with E-state index in [-0.39, 0.29) is 18.0 Å². The number of amides is 2. The van der Waals surface area contributed by atoms with E-state index in [2.05, 4.69) is 24.5 Å². The number of nitrogens with one attached hydrogen (secondary N) is 2. The Kier molecular flexibility index (Phi) is 5.78. The second-order valence-corrected chi connectivity index (χ2v) is 7.13. The molecule has 0 radical (unpaired) electrons. The molecule has 6 heteroatoms. The van der Waals surface area contributed by atoms with Gasteiger partial charge in [0.25, 0.3) is 0 Å². The zero-order valence-corrected chi connectivity index (χ0v) is 16.9. The van der Waals surface area contributed by atoms with E-state index in [1.807, 2.05) is 60.3 Å². The lowest BCUT2D eigenvalue weighted by Gasteiger charge is -2.24. The average molecular weight is 381 g/mol. The van der Waals surface area contributed by atoms with Crippen LogP contribution in [0.4, 0.5) is 10.5 Å². The van der Waals surface area contributed by atoms with Crippen LogP contribution in [0.2, 0.25) is 0 Å². The Bertz CT molecular complexity index is 978. The maximum atomic E-state index is 12.6. The molecule has 1 heterocycles. The number of hydrogen-bond donors (Lipinski definition) is 2. The summed E-state index contributed by atoms with van der Waals surface area (Å²) in [4.78, 5) is 12.6. The van der Waals surface area contributed by atoms with Gasteiger partial charge in [-0.05, 0) is 47.9 Å². The van der Waals surface area contributed by atoms with Gasteiger partial charge >= 0.3 is 6.03 Å². The molecule has 1 atom stereocenters. The number of urea groups is 1. The Hall–Kier alpha value is -3.15. The van der Waals surface area contributed by atoms with Gasteiger partial charge in [0.05, 0.1) is 20.3 Å². The number of methoxy groups -OCH3 is 2. The quantitative estimate of drug-likeness (QED) is 0.650. The van der Waals surface area contributed by atoms with Crippen LogP contribution in [0.25, 0.3) is 10.9 Å². The first-order valence-corrected chi connectivity index (χ1v) is 9.27. The summed E-state index contributed by atoms with van der Waals surface area (Å²) in [5.41, 5.74) is 2.84. The highest BCUT2D eigenvalue weighted by Gasteiger charge is 2.20. The molecule has 0 fully saturated rings. The van der Waals surface area contributed by atoms with Crippen LogP contribution >= 0.6 is 0 Å². The first-order chi connectivity index (χ1) is 13.4. The van der Waals surface area contributed by atoms with E-state index < -0.39 is 0 Å². The summed E-state index contributed by atoms with van der Waals surface area (Å²) < 4.78 is 12.7. The van der Waals surface area contributed by atoms with Crippen LogP contribution in [0.5, 0.6) is 11.5 Å². The van der Waals surface area contributed by atoms with Gasteiger partial charge in [-0.25, -0.2) is 4.79 Å². The number of nitrogens with zero attached hydrogens (tertiary/aromatic N) is 1. The fourth-order valence-electron chi connectivity index (χ4n) is 3.35. The predicted molar refractivity (Wildman–Crippen MR) is 112 cm³/mol. The number of ether oxygens (including phenoxy) is 2. The number of aromatic nitrogens is 1. The van der Waals surface area contributed by atoms with Gasteiger partial charge in [-0.1, -0.05) is 19.9 Å². The van der Waals surface area contributed by atoms with Gasteiger partial charge in [-0.2, -0.15) is 0 Å². The van der Waals surface area contributed by atoms with Crippen LogP contribution in [0.15, 0.2) is 48.7 Å². The lowest BCUT2D eigenvalue weighted by molar-refractivity contribution is 0.244. The smallest absolute Gasteiger partial charge is 0.319 e. The minimum Gasteiger partial charge on any atom is -0.493 e. The third-order valence-electron chi connectivity index (χ3n) is 4.86. The van der Waals surface area contributed by atoms with Crippen molar-refractivity contribution in [2.24, 2.45) is 13.0 Å². The molecule has 0 aliphatic rings. The van der Waals surface area contributed by atoms with Crippen molar-refractivity contribution in [3.05, 3.63) is 54.2 Å². The largest absolute Gasteiger partial charge is 0.493 e. The standard InChI is InChI=1S/C22H27N3O3/c1-14(2)21(16-6-9-19(27-4)20(13-16)28-5)24-22(26)23-17-7-8-18-15(12-17)10-11-25(18)3/h6-14,21H,1-5H3,(H2,23,24,26)/t21-/m1/s1. The fraction of sp³-hybridized carbons (Fsp3) is 0.318. The van der Waals surface area contributed by atoms with Crippen molar-refractivity contribution in [2.45, 2.75) is 19.9 Å². The van der Waals surface area contributed by atoms with Crippen LogP contribution in [-0.2, 0) is 7.05 Å². The second kappa shape index (κ2) is 8.25. The number of fused-ring (bicyclic) bond motifs is 1. The normalized spacial score (nSPS) is 12.1. The van der Waals surface area contributed by atoms with Crippen molar-refractivity contribution in [3.8, 4) is 11.5 Å². The molecule has 3 rings (SSSR count). The van der Waals surface area contributed by atoms with Crippen LogP contribution in [0.3, 0.4) is 0 Å². The Balaban J connectivity index is 1.77. The van der Waals surface area contributed by atoms with Crippen molar-refractivity contribution in [3.63, 3.8) is 0 Å². The molecule has 3 aromatic rings. The molecule has 0 aliphatic heterocycles. The summed E-state index contributed by atoms with van der Waals surface area (Å²) in [6.07, 6.45) is 2.00. The molecule has 0 saturated carbocycles. The van der Waals surface area contributed by atoms with Gasteiger partial charge in [0.15, 0.2) is 11.5 Å². The molecule has 2 amide bonds. The number of anilines is 1. The van der Waals surface area contributed by atoms with Crippen molar-refractivity contribution in [1.29, 1.82) is 0 Å². The lowest BCUT2D eigenvalue weighted by Crippen LogP contribution is -2.35. The molecule has 2 N–H and O–H groups in total. The number of rotatable bonds is 6. The minimum absolute atomic E-state index is 0.166. The molecule has 28 heavy (non-hydrogen) atoms. The van der Waals surface area contributed by atoms with Gasteiger partial charge in [-0.15, -0.1) is 0 Å². The summed E-state index contributed by atoms with van der Waals surface area (Å²) in [5.74, 6) is 1.50. The van der Waals surface area contributed by atoms with Crippen LogP contribution in [-0.4, -0.2) is 24.8 Å². The number of carbonyl (C=O) groups is 1. The van der Waals surface area contributed by atoms with E-state index in [4.69, 9.17) is 9.47 Å². The van der Waals surface area contributed by atoms with E-state index in [9.17, 15) is 4.79 Å². The van der Waals surface area contributed by atoms with Crippen LogP contribution < -0.4 is 20.1 Å². The maximum absolute atomic E-state index is 12.6. The van der Waals surface area contributed by atoms with Crippen molar-refractivity contribution in [1.82, 2.24) is 9.88 Å². The van der Waals surface area contributed by atoms with Gasteiger partial charge in [0.2, 0.25) is 0 Å². The molecular formula is C22H27N3O3. The molecule has 148 valence electrons. The van der Waals surface area contributed by atoms with Gasteiger partial charge < -0.3 is 24.7 Å². The van der Waals surface area contributed by atoms with Crippen molar-refractivity contribution < 1.29 is 14.3 Å². The van der Waals surface area contributed by atoms with Gasteiger partial charge in [0, 0.05) is 29.8 Å². The summed E-state index contributed by atoms with van der Waals surface area (Å²) in [7, 11) is 5.21. The lowest BCUT2D eigenvalue weighted by atomic mass is 9.96. The number of benzene rings is 2. The molecule has 0 aliphatic carbocycles. The highest BCUT2D eigenvalue weighted by atomic mass is 16.5. The van der Waals surface area contributed by atoms with Crippen LogP contribution in [0, 0.1) is 5.92 Å².